The topological polar surface area (TPSA) is 116 Å². The van der Waals surface area contributed by atoms with Crippen LogP contribution < -0.4 is 5.73 Å². The summed E-state index contributed by atoms with van der Waals surface area (Å²) in [4.78, 5) is 49.8. The SMILES string of the molecule is CCCCCCCCOC(=O)C(N)CSSCC(C(=O)OCCCCCCCC)N(C(C)=O)C(C)=O. The van der Waals surface area contributed by atoms with E-state index in [0.29, 0.717) is 12.4 Å². The average molecular weight is 549 g/mol. The van der Waals surface area contributed by atoms with Crippen LogP contribution in [0.4, 0.5) is 0 Å². The minimum atomic E-state index is -1.02. The maximum absolute atomic E-state index is 12.7. The lowest BCUT2D eigenvalue weighted by molar-refractivity contribution is -0.159. The first-order valence-electron chi connectivity index (χ1n) is 13.4. The molecule has 0 aliphatic carbocycles. The van der Waals surface area contributed by atoms with Gasteiger partial charge in [0.15, 0.2) is 0 Å². The molecule has 0 aromatic heterocycles. The van der Waals surface area contributed by atoms with Gasteiger partial charge in [0, 0.05) is 25.4 Å². The quantitative estimate of drug-likeness (QED) is 0.110. The number of nitrogens with two attached hydrogens (primary N) is 1. The van der Waals surface area contributed by atoms with Crippen LogP contribution in [0.2, 0.25) is 0 Å². The van der Waals surface area contributed by atoms with E-state index < -0.39 is 35.8 Å². The van der Waals surface area contributed by atoms with Crippen LogP contribution >= 0.6 is 21.6 Å². The number of nitrogens with zero attached hydrogens (tertiary/aromatic N) is 1. The molecule has 0 spiro atoms. The molecule has 0 fully saturated rings. The molecule has 0 heterocycles. The molecule has 0 aliphatic heterocycles. The van der Waals surface area contributed by atoms with Gasteiger partial charge in [-0.25, -0.2) is 4.79 Å². The van der Waals surface area contributed by atoms with Gasteiger partial charge >= 0.3 is 11.9 Å². The van der Waals surface area contributed by atoms with Crippen molar-refractivity contribution in [1.29, 1.82) is 0 Å². The van der Waals surface area contributed by atoms with Gasteiger partial charge < -0.3 is 15.2 Å². The second-order valence-electron chi connectivity index (χ2n) is 8.97. The van der Waals surface area contributed by atoms with Crippen LogP contribution in [0.5, 0.6) is 0 Å². The summed E-state index contributed by atoms with van der Waals surface area (Å²) in [6.07, 6.45) is 13.0. The lowest BCUT2D eigenvalue weighted by Gasteiger charge is -2.26. The molecule has 0 saturated heterocycles. The van der Waals surface area contributed by atoms with Gasteiger partial charge in [0.1, 0.15) is 12.1 Å². The van der Waals surface area contributed by atoms with Gasteiger partial charge in [0.05, 0.1) is 13.2 Å². The molecule has 0 radical (unpaired) electrons. The van der Waals surface area contributed by atoms with Crippen molar-refractivity contribution in [2.24, 2.45) is 5.73 Å². The largest absolute Gasteiger partial charge is 0.465 e. The van der Waals surface area contributed by atoms with E-state index in [4.69, 9.17) is 15.2 Å². The molecule has 0 aromatic rings. The van der Waals surface area contributed by atoms with E-state index in [9.17, 15) is 19.2 Å². The molecule has 2 amide bonds. The summed E-state index contributed by atoms with van der Waals surface area (Å²) in [7, 11) is 2.58. The molecule has 2 unspecified atom stereocenters. The number of carbonyl (C=O) groups excluding carboxylic acids is 4. The molecule has 8 nitrogen and oxygen atoms in total. The maximum atomic E-state index is 12.7. The third-order valence-electron chi connectivity index (χ3n) is 5.61. The third-order valence-corrected chi connectivity index (χ3v) is 8.04. The minimum absolute atomic E-state index is 0.151. The summed E-state index contributed by atoms with van der Waals surface area (Å²) >= 11 is 0. The van der Waals surface area contributed by atoms with E-state index in [-0.39, 0.29) is 12.4 Å². The predicted molar refractivity (Wildman–Crippen MR) is 149 cm³/mol. The van der Waals surface area contributed by atoms with E-state index >= 15 is 0 Å². The van der Waals surface area contributed by atoms with Crippen molar-refractivity contribution in [3.8, 4) is 0 Å². The average Bonchev–Trinajstić information content (AvgIpc) is 2.83. The van der Waals surface area contributed by atoms with E-state index in [1.54, 1.807) is 0 Å². The Morgan fingerprint density at radius 3 is 1.56 bits per heavy atom. The van der Waals surface area contributed by atoms with Crippen molar-refractivity contribution in [2.45, 2.75) is 117 Å². The Bertz CT molecular complexity index is 622. The summed E-state index contributed by atoms with van der Waals surface area (Å²) in [5.74, 6) is -1.61. The molecule has 2 N–H and O–H groups in total. The number of hydrogen-bond acceptors (Lipinski definition) is 9. The maximum Gasteiger partial charge on any atom is 0.330 e. The summed E-state index contributed by atoms with van der Waals surface area (Å²) < 4.78 is 10.6. The first-order chi connectivity index (χ1) is 17.3. The van der Waals surface area contributed by atoms with Crippen molar-refractivity contribution >= 4 is 45.3 Å². The second kappa shape index (κ2) is 22.9. The number of amides is 2. The number of ether oxygens (including phenoxy) is 2. The van der Waals surface area contributed by atoms with Gasteiger partial charge in [-0.2, -0.15) is 0 Å². The molecule has 210 valence electrons. The summed E-state index contributed by atoms with van der Waals surface area (Å²) in [6.45, 7) is 7.47. The third kappa shape index (κ3) is 17.2. The number of esters is 2. The number of carbonyl (C=O) groups is 4. The predicted octanol–water partition coefficient (Wildman–Crippen LogP) is 5.27. The van der Waals surface area contributed by atoms with Crippen LogP contribution in [0.1, 0.15) is 105 Å². The number of rotatable bonds is 22. The lowest BCUT2D eigenvalue weighted by atomic mass is 10.1. The molecule has 2 atom stereocenters. The van der Waals surface area contributed by atoms with Gasteiger partial charge in [0.2, 0.25) is 11.8 Å². The number of hydrogen-bond donors (Lipinski definition) is 1. The zero-order valence-electron chi connectivity index (χ0n) is 22.8. The van der Waals surface area contributed by atoms with Crippen LogP contribution in [-0.2, 0) is 28.7 Å². The fraction of sp³-hybridized carbons (Fsp3) is 0.846. The highest BCUT2D eigenvalue weighted by Gasteiger charge is 2.32. The highest BCUT2D eigenvalue weighted by Crippen LogP contribution is 2.25. The van der Waals surface area contributed by atoms with Crippen LogP contribution in [0.15, 0.2) is 0 Å². The van der Waals surface area contributed by atoms with E-state index in [2.05, 4.69) is 13.8 Å². The molecule has 0 aromatic carbocycles. The summed E-state index contributed by atoms with van der Waals surface area (Å²) in [5.41, 5.74) is 5.94. The van der Waals surface area contributed by atoms with Crippen LogP contribution in [0.3, 0.4) is 0 Å². The highest BCUT2D eigenvalue weighted by atomic mass is 33.1. The Morgan fingerprint density at radius 1 is 0.667 bits per heavy atom. The fourth-order valence-corrected chi connectivity index (χ4v) is 5.82. The van der Waals surface area contributed by atoms with Crippen molar-refractivity contribution < 1.29 is 28.7 Å². The van der Waals surface area contributed by atoms with Crippen molar-refractivity contribution in [3.63, 3.8) is 0 Å². The number of unbranched alkanes of at least 4 members (excludes halogenated alkanes) is 10. The van der Waals surface area contributed by atoms with Gasteiger partial charge in [-0.1, -0.05) is 99.6 Å². The molecule has 0 rings (SSSR count). The molecular formula is C26H48N2O6S2. The Kier molecular flexibility index (Phi) is 22.1. The Morgan fingerprint density at radius 2 is 1.08 bits per heavy atom. The molecule has 0 saturated carbocycles. The Balaban J connectivity index is 4.47. The van der Waals surface area contributed by atoms with Crippen molar-refractivity contribution in [3.05, 3.63) is 0 Å². The lowest BCUT2D eigenvalue weighted by Crippen LogP contribution is -2.49. The zero-order valence-corrected chi connectivity index (χ0v) is 24.4. The second-order valence-corrected chi connectivity index (χ2v) is 11.5. The molecule has 0 bridgehead atoms. The van der Waals surface area contributed by atoms with Gasteiger partial charge in [0.25, 0.3) is 0 Å². The normalized spacial score (nSPS) is 12.6. The van der Waals surface area contributed by atoms with E-state index in [1.807, 2.05) is 0 Å². The van der Waals surface area contributed by atoms with Gasteiger partial charge in [-0.05, 0) is 12.8 Å². The monoisotopic (exact) mass is 548 g/mol. The molecule has 0 aliphatic rings. The summed E-state index contributed by atoms with van der Waals surface area (Å²) in [5, 5.41) is 0. The first-order valence-corrected chi connectivity index (χ1v) is 15.9. The van der Waals surface area contributed by atoms with Gasteiger partial charge in [-0.15, -0.1) is 0 Å². The van der Waals surface area contributed by atoms with Crippen molar-refractivity contribution in [1.82, 2.24) is 4.90 Å². The first kappa shape index (κ1) is 34.7. The number of imide groups is 1. The van der Waals surface area contributed by atoms with Crippen LogP contribution in [-0.4, -0.2) is 65.5 Å². The van der Waals surface area contributed by atoms with Crippen LogP contribution in [0.25, 0.3) is 0 Å². The highest BCUT2D eigenvalue weighted by molar-refractivity contribution is 8.76. The molecule has 10 heteroatoms. The van der Waals surface area contributed by atoms with E-state index in [0.717, 1.165) is 49.8 Å². The zero-order chi connectivity index (χ0) is 27.2. The fourth-order valence-electron chi connectivity index (χ4n) is 3.52. The van der Waals surface area contributed by atoms with Crippen LogP contribution in [0, 0.1) is 0 Å². The Hall–Kier alpha value is -1.26. The van der Waals surface area contributed by atoms with Gasteiger partial charge in [-0.3, -0.25) is 19.3 Å². The molecule has 36 heavy (non-hydrogen) atoms. The van der Waals surface area contributed by atoms with Crippen molar-refractivity contribution in [2.75, 3.05) is 24.7 Å². The minimum Gasteiger partial charge on any atom is -0.465 e. The molecular weight excluding hydrogens is 500 g/mol. The standard InChI is InChI=1S/C26H48N2O6S2/c1-5-7-9-11-13-15-17-33-25(31)23(27)19-35-36-20-24(28(21(3)29)22(4)30)26(32)34-18-16-14-12-10-8-6-2/h23-24H,5-20,27H2,1-4H3. The Labute approximate surface area is 225 Å². The summed E-state index contributed by atoms with van der Waals surface area (Å²) in [6, 6.07) is -1.80. The smallest absolute Gasteiger partial charge is 0.330 e. The van der Waals surface area contributed by atoms with E-state index in [1.165, 1.54) is 67.5 Å².